The van der Waals surface area contributed by atoms with Crippen LogP contribution in [0.5, 0.6) is 0 Å². The molecule has 0 atom stereocenters. The minimum atomic E-state index is -0.405. The Morgan fingerprint density at radius 3 is 2.79 bits per heavy atom. The van der Waals surface area contributed by atoms with Gasteiger partial charge in [-0.05, 0) is 10.4 Å². The van der Waals surface area contributed by atoms with Crippen LogP contribution in [0.25, 0.3) is 0 Å². The molecular formula is C6H8N6O2. The first-order chi connectivity index (χ1) is 6.66. The molecule has 3 amide bonds. The van der Waals surface area contributed by atoms with E-state index in [-0.39, 0.29) is 19.0 Å². The maximum Gasteiger partial charge on any atom is 0.324 e. The van der Waals surface area contributed by atoms with E-state index in [0.29, 0.717) is 5.82 Å². The van der Waals surface area contributed by atoms with Crippen LogP contribution in [0.4, 0.5) is 4.79 Å². The van der Waals surface area contributed by atoms with Gasteiger partial charge in [-0.3, -0.25) is 10.1 Å². The highest BCUT2D eigenvalue weighted by Crippen LogP contribution is 2.03. The Morgan fingerprint density at radius 2 is 2.29 bits per heavy atom. The van der Waals surface area contributed by atoms with Gasteiger partial charge in [0.2, 0.25) is 5.91 Å². The smallest absolute Gasteiger partial charge is 0.308 e. The minimum Gasteiger partial charge on any atom is -0.308 e. The van der Waals surface area contributed by atoms with Gasteiger partial charge < -0.3 is 4.90 Å². The van der Waals surface area contributed by atoms with Gasteiger partial charge in [0.25, 0.3) is 0 Å². The van der Waals surface area contributed by atoms with E-state index in [1.807, 2.05) is 0 Å². The summed E-state index contributed by atoms with van der Waals surface area (Å²) in [4.78, 5) is 23.3. The predicted molar refractivity (Wildman–Crippen MR) is 42.7 cm³/mol. The van der Waals surface area contributed by atoms with E-state index in [1.165, 1.54) is 9.58 Å². The van der Waals surface area contributed by atoms with Gasteiger partial charge in [0.1, 0.15) is 6.54 Å². The Bertz CT molecular complexity index is 385. The lowest BCUT2D eigenvalue weighted by molar-refractivity contribution is -0.118. The molecule has 1 aliphatic rings. The summed E-state index contributed by atoms with van der Waals surface area (Å²) in [6.45, 7) is 0.298. The first-order valence-corrected chi connectivity index (χ1v) is 3.97. The third-order valence-electron chi connectivity index (χ3n) is 1.91. The Kier molecular flexibility index (Phi) is 1.88. The quantitative estimate of drug-likeness (QED) is 0.567. The predicted octanol–water partition coefficient (Wildman–Crippen LogP) is -1.74. The molecule has 14 heavy (non-hydrogen) atoms. The van der Waals surface area contributed by atoms with Crippen LogP contribution in [0.15, 0.2) is 0 Å². The molecule has 0 bridgehead atoms. The number of hydrogen-bond donors (Lipinski definition) is 1. The molecule has 1 aromatic heterocycles. The average Bonchev–Trinajstić information content (AvgIpc) is 2.62. The lowest BCUT2D eigenvalue weighted by atomic mass is 10.5. The van der Waals surface area contributed by atoms with E-state index < -0.39 is 6.03 Å². The molecule has 0 aromatic carbocycles. The number of aromatic nitrogens is 4. The average molecular weight is 196 g/mol. The standard InChI is InChI=1S/C6H8N6O2/c1-11-4(8-9-10-11)2-12-3-5(13)7-6(12)14/h2-3H2,1H3,(H,7,13,14). The molecule has 2 rings (SSSR count). The van der Waals surface area contributed by atoms with Crippen LogP contribution in [0.1, 0.15) is 5.82 Å². The van der Waals surface area contributed by atoms with Crippen molar-refractivity contribution in [3.8, 4) is 0 Å². The fourth-order valence-corrected chi connectivity index (χ4v) is 1.16. The molecule has 74 valence electrons. The Hall–Kier alpha value is -1.99. The Morgan fingerprint density at radius 1 is 1.50 bits per heavy atom. The van der Waals surface area contributed by atoms with Crippen LogP contribution < -0.4 is 5.32 Å². The summed E-state index contributed by atoms with van der Waals surface area (Å²) in [7, 11) is 1.67. The van der Waals surface area contributed by atoms with Crippen LogP contribution in [0.3, 0.4) is 0 Å². The van der Waals surface area contributed by atoms with E-state index in [9.17, 15) is 9.59 Å². The largest absolute Gasteiger partial charge is 0.324 e. The second kappa shape index (κ2) is 3.05. The van der Waals surface area contributed by atoms with Crippen molar-refractivity contribution in [3.05, 3.63) is 5.82 Å². The van der Waals surface area contributed by atoms with E-state index >= 15 is 0 Å². The number of tetrazole rings is 1. The third-order valence-corrected chi connectivity index (χ3v) is 1.91. The summed E-state index contributed by atoms with van der Waals surface area (Å²) < 4.78 is 1.45. The highest BCUT2D eigenvalue weighted by molar-refractivity contribution is 6.01. The highest BCUT2D eigenvalue weighted by Gasteiger charge is 2.27. The molecule has 8 nitrogen and oxygen atoms in total. The van der Waals surface area contributed by atoms with Crippen molar-refractivity contribution in [3.63, 3.8) is 0 Å². The minimum absolute atomic E-state index is 0.0612. The summed E-state index contributed by atoms with van der Waals surface area (Å²) in [5, 5.41) is 12.9. The number of imide groups is 1. The fraction of sp³-hybridized carbons (Fsp3) is 0.500. The van der Waals surface area contributed by atoms with Gasteiger partial charge in [-0.2, -0.15) is 0 Å². The number of urea groups is 1. The molecule has 1 aliphatic heterocycles. The lowest BCUT2D eigenvalue weighted by Crippen LogP contribution is -2.28. The van der Waals surface area contributed by atoms with Crippen LogP contribution in [-0.4, -0.2) is 43.6 Å². The topological polar surface area (TPSA) is 93.0 Å². The first-order valence-electron chi connectivity index (χ1n) is 3.97. The van der Waals surface area contributed by atoms with E-state index in [2.05, 4.69) is 20.8 Å². The highest BCUT2D eigenvalue weighted by atomic mass is 16.2. The molecule has 2 heterocycles. The second-order valence-electron chi connectivity index (χ2n) is 2.93. The maximum atomic E-state index is 11.1. The monoisotopic (exact) mass is 196 g/mol. The molecule has 0 unspecified atom stereocenters. The van der Waals surface area contributed by atoms with Gasteiger partial charge in [0.15, 0.2) is 5.82 Å². The number of aryl methyl sites for hydroxylation is 1. The number of rotatable bonds is 2. The van der Waals surface area contributed by atoms with E-state index in [0.717, 1.165) is 0 Å². The number of nitrogens with zero attached hydrogens (tertiary/aromatic N) is 5. The Balaban J connectivity index is 2.09. The Labute approximate surface area is 78.9 Å². The van der Waals surface area contributed by atoms with Crippen molar-refractivity contribution in [2.75, 3.05) is 6.54 Å². The molecule has 0 spiro atoms. The van der Waals surface area contributed by atoms with Gasteiger partial charge >= 0.3 is 6.03 Å². The summed E-state index contributed by atoms with van der Waals surface area (Å²) in [5.74, 6) is 0.236. The van der Waals surface area contributed by atoms with Crippen molar-refractivity contribution >= 4 is 11.9 Å². The van der Waals surface area contributed by atoms with E-state index in [4.69, 9.17) is 0 Å². The zero-order chi connectivity index (χ0) is 10.1. The van der Waals surface area contributed by atoms with E-state index in [1.54, 1.807) is 7.05 Å². The lowest BCUT2D eigenvalue weighted by Gasteiger charge is -2.10. The molecular weight excluding hydrogens is 188 g/mol. The van der Waals surface area contributed by atoms with Gasteiger partial charge in [0.05, 0.1) is 6.54 Å². The molecule has 0 aliphatic carbocycles. The number of carbonyl (C=O) groups is 2. The zero-order valence-electron chi connectivity index (χ0n) is 7.47. The van der Waals surface area contributed by atoms with Crippen LogP contribution >= 0.6 is 0 Å². The summed E-state index contributed by atoms with van der Waals surface area (Å²) in [6.07, 6.45) is 0. The van der Waals surface area contributed by atoms with Gasteiger partial charge in [-0.15, -0.1) is 5.10 Å². The van der Waals surface area contributed by atoms with Gasteiger partial charge in [-0.25, -0.2) is 9.48 Å². The second-order valence-corrected chi connectivity index (χ2v) is 2.93. The van der Waals surface area contributed by atoms with Crippen molar-refractivity contribution in [2.45, 2.75) is 6.54 Å². The SMILES string of the molecule is Cn1nnnc1CN1CC(=O)NC1=O. The van der Waals surface area contributed by atoms with Crippen LogP contribution in [0, 0.1) is 0 Å². The van der Waals surface area contributed by atoms with Gasteiger partial charge in [-0.1, -0.05) is 0 Å². The third kappa shape index (κ3) is 1.41. The maximum absolute atomic E-state index is 11.1. The van der Waals surface area contributed by atoms with Crippen molar-refractivity contribution in [1.29, 1.82) is 0 Å². The number of amides is 3. The van der Waals surface area contributed by atoms with Crippen LogP contribution in [-0.2, 0) is 18.4 Å². The first kappa shape index (κ1) is 8.60. The number of carbonyl (C=O) groups excluding carboxylic acids is 2. The molecule has 0 saturated carbocycles. The van der Waals surface area contributed by atoms with Crippen molar-refractivity contribution in [1.82, 2.24) is 30.4 Å². The molecule has 1 N–H and O–H groups in total. The van der Waals surface area contributed by atoms with Crippen LogP contribution in [0.2, 0.25) is 0 Å². The fourth-order valence-electron chi connectivity index (χ4n) is 1.16. The summed E-state index contributed by atoms with van der Waals surface area (Å²) in [5.41, 5.74) is 0. The zero-order valence-corrected chi connectivity index (χ0v) is 7.47. The molecule has 1 fully saturated rings. The molecule has 0 radical (unpaired) electrons. The number of nitrogens with one attached hydrogen (secondary N) is 1. The molecule has 1 aromatic rings. The van der Waals surface area contributed by atoms with Gasteiger partial charge in [0, 0.05) is 7.05 Å². The van der Waals surface area contributed by atoms with Crippen molar-refractivity contribution in [2.24, 2.45) is 7.05 Å². The normalized spacial score (nSPS) is 16.2. The molecule has 8 heteroatoms. The summed E-state index contributed by atoms with van der Waals surface area (Å²) >= 11 is 0. The molecule has 1 saturated heterocycles. The number of hydrogen-bond acceptors (Lipinski definition) is 5. The van der Waals surface area contributed by atoms with Crippen molar-refractivity contribution < 1.29 is 9.59 Å². The summed E-state index contributed by atoms with van der Waals surface area (Å²) in [6, 6.07) is -0.405.